The van der Waals surface area contributed by atoms with Crippen LogP contribution in [0.2, 0.25) is 0 Å². The molecule has 1 heterocycles. The molecule has 0 aliphatic carbocycles. The summed E-state index contributed by atoms with van der Waals surface area (Å²) in [5, 5.41) is 5.62. The Kier molecular flexibility index (Phi) is 3.78. The molecule has 5 heteroatoms. The zero-order chi connectivity index (χ0) is 16.6. The summed E-state index contributed by atoms with van der Waals surface area (Å²) >= 11 is 0. The lowest BCUT2D eigenvalue weighted by Crippen LogP contribution is -2.34. The summed E-state index contributed by atoms with van der Waals surface area (Å²) in [6.45, 7) is 5.58. The average Bonchev–Trinajstić information content (AvgIpc) is 2.51. The number of aryl methyl sites for hydroxylation is 1. The van der Waals surface area contributed by atoms with Crippen molar-refractivity contribution in [1.82, 2.24) is 0 Å². The normalized spacial score (nSPS) is 16.1. The molecule has 2 aromatic carbocycles. The van der Waals surface area contributed by atoms with Crippen molar-refractivity contribution in [3.63, 3.8) is 0 Å². The monoisotopic (exact) mass is 310 g/mol. The maximum Gasteiger partial charge on any atom is 0.265 e. The SMILES string of the molecule is Cc1cccc(C(=O)Nc2ccc3c(c2)NC(=O)[C@H](C)O3)c1C. The lowest BCUT2D eigenvalue weighted by atomic mass is 10.0. The highest BCUT2D eigenvalue weighted by atomic mass is 16.5. The van der Waals surface area contributed by atoms with Gasteiger partial charge in [-0.15, -0.1) is 0 Å². The Hall–Kier alpha value is -2.82. The third kappa shape index (κ3) is 2.90. The number of anilines is 2. The van der Waals surface area contributed by atoms with Gasteiger partial charge in [-0.05, 0) is 56.2 Å². The number of benzene rings is 2. The van der Waals surface area contributed by atoms with Crippen molar-refractivity contribution in [1.29, 1.82) is 0 Å². The number of carbonyl (C=O) groups is 2. The average molecular weight is 310 g/mol. The number of hydrogen-bond acceptors (Lipinski definition) is 3. The highest BCUT2D eigenvalue weighted by Gasteiger charge is 2.23. The predicted octanol–water partition coefficient (Wildman–Crippen LogP) is 3.28. The van der Waals surface area contributed by atoms with Crippen LogP contribution in [0.25, 0.3) is 0 Å². The quantitative estimate of drug-likeness (QED) is 0.894. The Bertz CT molecular complexity index is 799. The number of ether oxygens (including phenoxy) is 1. The second-order valence-corrected chi connectivity index (χ2v) is 5.66. The molecule has 2 N–H and O–H groups in total. The topological polar surface area (TPSA) is 67.4 Å². The molecule has 5 nitrogen and oxygen atoms in total. The third-order valence-corrected chi connectivity index (χ3v) is 4.02. The van der Waals surface area contributed by atoms with Gasteiger partial charge in [0.25, 0.3) is 11.8 Å². The molecule has 1 atom stereocenters. The molecule has 2 amide bonds. The first-order valence-corrected chi connectivity index (χ1v) is 7.45. The van der Waals surface area contributed by atoms with Gasteiger partial charge in [0.1, 0.15) is 5.75 Å². The molecule has 0 spiro atoms. The van der Waals surface area contributed by atoms with Gasteiger partial charge in [-0.1, -0.05) is 12.1 Å². The van der Waals surface area contributed by atoms with E-state index in [1.807, 2.05) is 26.0 Å². The van der Waals surface area contributed by atoms with Crippen LogP contribution in [0, 0.1) is 13.8 Å². The standard InChI is InChI=1S/C18H18N2O3/c1-10-5-4-6-14(11(10)2)18(22)19-13-7-8-16-15(9-13)20-17(21)12(3)23-16/h4-9,12H,1-3H3,(H,19,22)(H,20,21)/t12-/m0/s1. The maximum absolute atomic E-state index is 12.4. The van der Waals surface area contributed by atoms with Crippen LogP contribution in [-0.2, 0) is 4.79 Å². The van der Waals surface area contributed by atoms with Gasteiger partial charge in [-0.2, -0.15) is 0 Å². The van der Waals surface area contributed by atoms with Crippen LogP contribution in [0.4, 0.5) is 11.4 Å². The van der Waals surface area contributed by atoms with Gasteiger partial charge in [-0.25, -0.2) is 0 Å². The fourth-order valence-electron chi connectivity index (χ4n) is 2.48. The van der Waals surface area contributed by atoms with Gasteiger partial charge in [-0.3, -0.25) is 9.59 Å². The van der Waals surface area contributed by atoms with E-state index in [0.29, 0.717) is 22.7 Å². The summed E-state index contributed by atoms with van der Waals surface area (Å²) in [5.74, 6) is 0.222. The number of hydrogen-bond donors (Lipinski definition) is 2. The summed E-state index contributed by atoms with van der Waals surface area (Å²) in [6, 6.07) is 10.8. The van der Waals surface area contributed by atoms with Crippen LogP contribution >= 0.6 is 0 Å². The summed E-state index contributed by atoms with van der Waals surface area (Å²) < 4.78 is 5.50. The van der Waals surface area contributed by atoms with Crippen LogP contribution in [0.5, 0.6) is 5.75 Å². The Morgan fingerprint density at radius 3 is 2.78 bits per heavy atom. The molecule has 3 rings (SSSR count). The summed E-state index contributed by atoms with van der Waals surface area (Å²) in [5.41, 5.74) is 3.82. The molecule has 0 aromatic heterocycles. The predicted molar refractivity (Wildman–Crippen MR) is 89.0 cm³/mol. The van der Waals surface area contributed by atoms with Crippen molar-refractivity contribution in [2.45, 2.75) is 26.9 Å². The molecular weight excluding hydrogens is 292 g/mol. The van der Waals surface area contributed by atoms with Crippen molar-refractivity contribution in [3.05, 3.63) is 53.1 Å². The molecule has 0 fully saturated rings. The highest BCUT2D eigenvalue weighted by molar-refractivity contribution is 6.06. The largest absolute Gasteiger partial charge is 0.479 e. The van der Waals surface area contributed by atoms with E-state index in [9.17, 15) is 9.59 Å². The number of nitrogens with one attached hydrogen (secondary N) is 2. The highest BCUT2D eigenvalue weighted by Crippen LogP contribution is 2.32. The zero-order valence-corrected chi connectivity index (χ0v) is 13.3. The lowest BCUT2D eigenvalue weighted by Gasteiger charge is -2.23. The first-order valence-electron chi connectivity index (χ1n) is 7.45. The molecule has 0 saturated carbocycles. The van der Waals surface area contributed by atoms with E-state index >= 15 is 0 Å². The van der Waals surface area contributed by atoms with E-state index in [-0.39, 0.29) is 11.8 Å². The van der Waals surface area contributed by atoms with Crippen molar-refractivity contribution in [3.8, 4) is 5.75 Å². The number of rotatable bonds is 2. The lowest BCUT2D eigenvalue weighted by molar-refractivity contribution is -0.122. The Labute approximate surface area is 134 Å². The number of fused-ring (bicyclic) bond motifs is 1. The Balaban J connectivity index is 1.84. The van der Waals surface area contributed by atoms with E-state index in [1.165, 1.54) is 0 Å². The molecule has 0 unspecified atom stereocenters. The van der Waals surface area contributed by atoms with E-state index in [1.54, 1.807) is 31.2 Å². The third-order valence-electron chi connectivity index (χ3n) is 4.02. The molecule has 1 aliphatic heterocycles. The van der Waals surface area contributed by atoms with Crippen molar-refractivity contribution < 1.29 is 14.3 Å². The first kappa shape index (κ1) is 15.1. The molecule has 0 bridgehead atoms. The minimum absolute atomic E-state index is 0.178. The van der Waals surface area contributed by atoms with Crippen molar-refractivity contribution in [2.75, 3.05) is 10.6 Å². The van der Waals surface area contributed by atoms with Crippen LogP contribution in [-0.4, -0.2) is 17.9 Å². The number of carbonyl (C=O) groups excluding carboxylic acids is 2. The smallest absolute Gasteiger partial charge is 0.265 e. The molecule has 1 aliphatic rings. The second kappa shape index (κ2) is 5.76. The summed E-state index contributed by atoms with van der Waals surface area (Å²) in [7, 11) is 0. The van der Waals surface area contributed by atoms with E-state index < -0.39 is 6.10 Å². The molecular formula is C18H18N2O3. The van der Waals surface area contributed by atoms with Crippen molar-refractivity contribution >= 4 is 23.2 Å². The van der Waals surface area contributed by atoms with E-state index in [0.717, 1.165) is 11.1 Å². The molecule has 23 heavy (non-hydrogen) atoms. The van der Waals surface area contributed by atoms with Gasteiger partial charge in [0, 0.05) is 11.3 Å². The van der Waals surface area contributed by atoms with Gasteiger partial charge < -0.3 is 15.4 Å². The second-order valence-electron chi connectivity index (χ2n) is 5.66. The van der Waals surface area contributed by atoms with E-state index in [4.69, 9.17) is 4.74 Å². The number of amides is 2. The van der Waals surface area contributed by atoms with E-state index in [2.05, 4.69) is 10.6 Å². The van der Waals surface area contributed by atoms with Gasteiger partial charge in [0.15, 0.2) is 6.10 Å². The first-order chi connectivity index (χ1) is 11.0. The van der Waals surface area contributed by atoms with Crippen LogP contribution < -0.4 is 15.4 Å². The zero-order valence-electron chi connectivity index (χ0n) is 13.3. The molecule has 0 saturated heterocycles. The van der Waals surface area contributed by atoms with Crippen molar-refractivity contribution in [2.24, 2.45) is 0 Å². The molecule has 2 aromatic rings. The Morgan fingerprint density at radius 2 is 2.00 bits per heavy atom. The van der Waals surface area contributed by atoms with Crippen LogP contribution in [0.3, 0.4) is 0 Å². The fourth-order valence-corrected chi connectivity index (χ4v) is 2.48. The van der Waals surface area contributed by atoms with Gasteiger partial charge in [0.2, 0.25) is 0 Å². The minimum atomic E-state index is -0.516. The van der Waals surface area contributed by atoms with Gasteiger partial charge >= 0.3 is 0 Å². The molecule has 0 radical (unpaired) electrons. The summed E-state index contributed by atoms with van der Waals surface area (Å²) in [6.07, 6.45) is -0.516. The van der Waals surface area contributed by atoms with Crippen LogP contribution in [0.15, 0.2) is 36.4 Å². The molecule has 118 valence electrons. The fraction of sp³-hybridized carbons (Fsp3) is 0.222. The van der Waals surface area contributed by atoms with Crippen LogP contribution in [0.1, 0.15) is 28.4 Å². The Morgan fingerprint density at radius 1 is 1.22 bits per heavy atom. The summed E-state index contributed by atoms with van der Waals surface area (Å²) in [4.78, 5) is 24.1. The van der Waals surface area contributed by atoms with Gasteiger partial charge in [0.05, 0.1) is 5.69 Å². The minimum Gasteiger partial charge on any atom is -0.479 e. The maximum atomic E-state index is 12.4.